The summed E-state index contributed by atoms with van der Waals surface area (Å²) in [6.07, 6.45) is 3.45. The molecule has 0 aromatic carbocycles. The topological polar surface area (TPSA) is 55.4 Å². The SMILES string of the molecule is O=C1C2CC3CC1CC(NC(=O)C(F)(F)SOI)(C3)C2. The van der Waals surface area contributed by atoms with Crippen molar-refractivity contribution in [2.75, 3.05) is 0 Å². The quantitative estimate of drug-likeness (QED) is 0.565. The fourth-order valence-electron chi connectivity index (χ4n) is 4.29. The van der Waals surface area contributed by atoms with Crippen molar-refractivity contribution in [3.05, 3.63) is 0 Å². The van der Waals surface area contributed by atoms with E-state index in [-0.39, 0.29) is 29.7 Å². The van der Waals surface area contributed by atoms with Gasteiger partial charge in [0.1, 0.15) is 28.8 Å². The fourth-order valence-corrected chi connectivity index (χ4v) is 5.17. The average molecular weight is 417 g/mol. The molecule has 1 N–H and O–H groups in total. The monoisotopic (exact) mass is 417 g/mol. The van der Waals surface area contributed by atoms with Gasteiger partial charge in [0.2, 0.25) is 0 Å². The first-order valence-electron chi connectivity index (χ1n) is 6.56. The lowest BCUT2D eigenvalue weighted by Crippen LogP contribution is -2.64. The van der Waals surface area contributed by atoms with E-state index in [4.69, 9.17) is 0 Å². The van der Waals surface area contributed by atoms with E-state index in [1.54, 1.807) is 0 Å². The maximum Gasteiger partial charge on any atom is 0.395 e. The van der Waals surface area contributed by atoms with Crippen LogP contribution in [0.4, 0.5) is 8.78 Å². The van der Waals surface area contributed by atoms with E-state index in [0.29, 0.717) is 25.2 Å². The summed E-state index contributed by atoms with van der Waals surface area (Å²) in [5, 5.41) is -1.08. The van der Waals surface area contributed by atoms with E-state index < -0.39 is 16.7 Å². The second-order valence-electron chi connectivity index (χ2n) is 6.14. The Bertz CT molecular complexity index is 444. The predicted molar refractivity (Wildman–Crippen MR) is 77.1 cm³/mol. The third kappa shape index (κ3) is 2.47. The molecule has 0 aromatic heterocycles. The molecule has 0 heterocycles. The third-order valence-corrected chi connectivity index (χ3v) is 5.77. The molecule has 4 bridgehead atoms. The number of Topliss-reactive ketones (excluding diaryl/α,β-unsaturated/α-hetero) is 1. The van der Waals surface area contributed by atoms with Crippen LogP contribution in [0.15, 0.2) is 0 Å². The smallest absolute Gasteiger partial charge is 0.344 e. The van der Waals surface area contributed by atoms with Gasteiger partial charge in [-0.05, 0) is 38.0 Å². The molecule has 0 radical (unpaired) electrons. The standard InChI is InChI=1S/C12H14F2INO3S/c13-12(14,20-19-15)10(18)16-11-3-6-1-7(4-11)9(17)8(2-6)5-11/h6-8H,1-5H2,(H,16,18). The number of hydrogen-bond donors (Lipinski definition) is 1. The van der Waals surface area contributed by atoms with Crippen LogP contribution in [0.3, 0.4) is 0 Å². The van der Waals surface area contributed by atoms with Crippen LogP contribution >= 0.6 is 35.0 Å². The van der Waals surface area contributed by atoms with Crippen molar-refractivity contribution >= 4 is 46.7 Å². The van der Waals surface area contributed by atoms with Gasteiger partial charge in [0.15, 0.2) is 0 Å². The van der Waals surface area contributed by atoms with Crippen molar-refractivity contribution < 1.29 is 20.9 Å². The van der Waals surface area contributed by atoms with Gasteiger partial charge < -0.3 is 5.32 Å². The van der Waals surface area contributed by atoms with Crippen molar-refractivity contribution in [3.8, 4) is 0 Å². The molecule has 112 valence electrons. The molecule has 4 rings (SSSR count). The minimum atomic E-state index is -3.60. The molecule has 4 fully saturated rings. The number of rotatable bonds is 4. The second kappa shape index (κ2) is 5.05. The highest BCUT2D eigenvalue weighted by Gasteiger charge is 2.57. The van der Waals surface area contributed by atoms with Crippen LogP contribution in [-0.2, 0) is 12.1 Å². The molecule has 20 heavy (non-hydrogen) atoms. The van der Waals surface area contributed by atoms with Gasteiger partial charge >= 0.3 is 11.2 Å². The Hall–Kier alpha value is 0.0400. The van der Waals surface area contributed by atoms with E-state index in [9.17, 15) is 18.4 Å². The van der Waals surface area contributed by atoms with Gasteiger partial charge in [-0.15, -0.1) is 0 Å². The zero-order valence-electron chi connectivity index (χ0n) is 10.5. The Morgan fingerprint density at radius 2 is 1.95 bits per heavy atom. The predicted octanol–water partition coefficient (Wildman–Crippen LogP) is 2.86. The molecule has 4 saturated carbocycles. The molecule has 0 aromatic rings. The molecule has 1 amide bonds. The van der Waals surface area contributed by atoms with Gasteiger partial charge in [-0.2, -0.15) is 8.78 Å². The van der Waals surface area contributed by atoms with E-state index in [0.717, 1.165) is 12.8 Å². The number of hydrogen-bond acceptors (Lipinski definition) is 4. The summed E-state index contributed by atoms with van der Waals surface area (Å²) >= 11 is 1.16. The van der Waals surface area contributed by atoms with Crippen molar-refractivity contribution in [2.24, 2.45) is 17.8 Å². The lowest BCUT2D eigenvalue weighted by Gasteiger charge is -2.55. The molecule has 8 heteroatoms. The van der Waals surface area contributed by atoms with Gasteiger partial charge in [-0.3, -0.25) is 9.59 Å². The number of alkyl halides is 2. The van der Waals surface area contributed by atoms with Crippen molar-refractivity contribution in [1.29, 1.82) is 0 Å². The summed E-state index contributed by atoms with van der Waals surface area (Å²) in [5.74, 6) is -0.768. The normalized spacial score (nSPS) is 39.1. The Balaban J connectivity index is 1.75. The van der Waals surface area contributed by atoms with Crippen LogP contribution in [0.2, 0.25) is 0 Å². The zero-order chi connectivity index (χ0) is 14.5. The van der Waals surface area contributed by atoms with Crippen molar-refractivity contribution in [2.45, 2.75) is 42.9 Å². The molecule has 4 nitrogen and oxygen atoms in total. The van der Waals surface area contributed by atoms with E-state index in [1.807, 2.05) is 0 Å². The van der Waals surface area contributed by atoms with Gasteiger partial charge in [0.05, 0.1) is 12.0 Å². The first-order valence-corrected chi connectivity index (χ1v) is 8.18. The highest BCUT2D eigenvalue weighted by Crippen LogP contribution is 2.54. The first-order chi connectivity index (χ1) is 9.35. The van der Waals surface area contributed by atoms with Gasteiger partial charge in [-0.25, -0.2) is 2.51 Å². The zero-order valence-corrected chi connectivity index (χ0v) is 13.5. The van der Waals surface area contributed by atoms with Crippen molar-refractivity contribution in [3.63, 3.8) is 0 Å². The maximum atomic E-state index is 13.5. The van der Waals surface area contributed by atoms with Gasteiger partial charge in [-0.1, -0.05) is 0 Å². The summed E-state index contributed by atoms with van der Waals surface area (Å²) < 4.78 is 31.4. The van der Waals surface area contributed by atoms with E-state index in [1.165, 1.54) is 23.0 Å². The van der Waals surface area contributed by atoms with Crippen LogP contribution in [-0.4, -0.2) is 22.5 Å². The largest absolute Gasteiger partial charge is 0.395 e. The molecular weight excluding hydrogens is 403 g/mol. The average Bonchev–Trinajstić information content (AvgIpc) is 2.34. The number of halogens is 3. The molecule has 2 atom stereocenters. The highest BCUT2D eigenvalue weighted by molar-refractivity contribution is 14.1. The summed E-state index contributed by atoms with van der Waals surface area (Å²) in [4.78, 5) is 23.8. The minimum absolute atomic E-state index is 0.0522. The number of ketones is 1. The molecular formula is C12H14F2INO3S. The summed E-state index contributed by atoms with van der Waals surface area (Å²) in [7, 11) is 0. The van der Waals surface area contributed by atoms with E-state index >= 15 is 0 Å². The van der Waals surface area contributed by atoms with Crippen LogP contribution in [0.5, 0.6) is 0 Å². The lowest BCUT2D eigenvalue weighted by atomic mass is 9.52. The fraction of sp³-hybridized carbons (Fsp3) is 0.833. The van der Waals surface area contributed by atoms with E-state index in [2.05, 4.69) is 7.83 Å². The number of carbonyl (C=O) groups excluding carboxylic acids is 2. The Labute approximate surface area is 133 Å². The van der Waals surface area contributed by atoms with Crippen LogP contribution < -0.4 is 5.32 Å². The van der Waals surface area contributed by atoms with Gasteiger partial charge in [0, 0.05) is 17.4 Å². The molecule has 0 saturated heterocycles. The summed E-state index contributed by atoms with van der Waals surface area (Å²) in [5.41, 5.74) is -0.614. The number of amides is 1. The second-order valence-corrected chi connectivity index (χ2v) is 8.03. The minimum Gasteiger partial charge on any atom is -0.344 e. The Kier molecular flexibility index (Phi) is 3.77. The van der Waals surface area contributed by atoms with Crippen LogP contribution in [0.25, 0.3) is 0 Å². The molecule has 2 unspecified atom stereocenters. The first kappa shape index (κ1) is 15.0. The molecule has 4 aliphatic carbocycles. The molecule has 0 aliphatic heterocycles. The third-order valence-electron chi connectivity index (χ3n) is 4.77. The Morgan fingerprint density at radius 3 is 2.50 bits per heavy atom. The summed E-state index contributed by atoms with van der Waals surface area (Å²) in [6.45, 7) is 0. The Morgan fingerprint density at radius 1 is 1.35 bits per heavy atom. The number of nitrogens with one attached hydrogen (secondary N) is 1. The van der Waals surface area contributed by atoms with Crippen LogP contribution in [0, 0.1) is 17.8 Å². The maximum absolute atomic E-state index is 13.5. The highest BCUT2D eigenvalue weighted by atomic mass is 127. The lowest BCUT2D eigenvalue weighted by molar-refractivity contribution is -0.150. The van der Waals surface area contributed by atoms with Crippen LogP contribution in [0.1, 0.15) is 32.1 Å². The molecule has 4 aliphatic rings. The van der Waals surface area contributed by atoms with Crippen molar-refractivity contribution in [1.82, 2.24) is 5.32 Å². The summed E-state index contributed by atoms with van der Waals surface area (Å²) in [6, 6.07) is 0. The number of carbonyl (C=O) groups is 2. The molecule has 0 spiro atoms. The van der Waals surface area contributed by atoms with Gasteiger partial charge in [0.25, 0.3) is 0 Å².